The van der Waals surface area contributed by atoms with Crippen LogP contribution in [0.3, 0.4) is 0 Å². The van der Waals surface area contributed by atoms with Gasteiger partial charge < -0.3 is 25.2 Å². The number of H-pyrrole nitrogens is 1. The summed E-state index contributed by atoms with van der Waals surface area (Å²) in [5.74, 6) is -3.80. The summed E-state index contributed by atoms with van der Waals surface area (Å²) in [6, 6.07) is 14.5. The number of fused-ring (bicyclic) bond motifs is 5. The van der Waals surface area contributed by atoms with Crippen LogP contribution in [0.1, 0.15) is 55.7 Å². The summed E-state index contributed by atoms with van der Waals surface area (Å²) >= 11 is 0. The van der Waals surface area contributed by atoms with Crippen LogP contribution in [0.4, 0.5) is 0 Å². The number of aromatic nitrogens is 1. The maximum atomic E-state index is 14.6. The van der Waals surface area contributed by atoms with E-state index in [0.717, 1.165) is 17.5 Å². The summed E-state index contributed by atoms with van der Waals surface area (Å²) in [6.45, 7) is 4.68. The molecule has 0 unspecified atom stereocenters. The van der Waals surface area contributed by atoms with Gasteiger partial charge in [-0.1, -0.05) is 56.3 Å². The molecular formula is C36H45N5O8S. The zero-order valence-corrected chi connectivity index (χ0v) is 29.5. The Balaban J connectivity index is 0.000000734. The Hall–Kier alpha value is -3.82. The first-order valence-electron chi connectivity index (χ1n) is 17.3. The number of hydrogen-bond donors (Lipinski definition) is 4. The Labute approximate surface area is 291 Å². The Morgan fingerprint density at radius 2 is 1.86 bits per heavy atom. The van der Waals surface area contributed by atoms with E-state index < -0.39 is 51.6 Å². The maximum Gasteiger partial charge on any atom is 0.281 e. The Bertz CT molecular complexity index is 1930. The Kier molecular flexibility index (Phi) is 8.62. The van der Waals surface area contributed by atoms with E-state index in [-0.39, 0.29) is 30.2 Å². The topological polar surface area (TPSA) is 173 Å². The van der Waals surface area contributed by atoms with Crippen LogP contribution < -0.4 is 5.32 Å². The number of nitrogens with zero attached hydrogens (tertiary/aromatic N) is 3. The third-order valence-electron chi connectivity index (χ3n) is 11.2. The van der Waals surface area contributed by atoms with Gasteiger partial charge in [-0.15, -0.1) is 0 Å². The molecule has 1 aromatic heterocycles. The molecule has 0 saturated carbocycles. The average molecular weight is 708 g/mol. The van der Waals surface area contributed by atoms with Crippen LogP contribution in [-0.2, 0) is 42.1 Å². The van der Waals surface area contributed by atoms with Crippen molar-refractivity contribution >= 4 is 38.7 Å². The quantitative estimate of drug-likeness (QED) is 0.290. The lowest BCUT2D eigenvalue weighted by atomic mass is 9.72. The molecule has 3 aromatic rings. The first-order valence-corrected chi connectivity index (χ1v) is 19.1. The molecule has 0 bridgehead atoms. The van der Waals surface area contributed by atoms with Crippen molar-refractivity contribution in [1.29, 1.82) is 0 Å². The largest absolute Gasteiger partial charge is 0.361 e. The number of aromatic amines is 1. The minimum atomic E-state index is -3.67. The van der Waals surface area contributed by atoms with Crippen LogP contribution in [-0.4, -0.2) is 112 Å². The molecule has 13 nitrogen and oxygen atoms in total. The summed E-state index contributed by atoms with van der Waals surface area (Å²) in [5.41, 5.74) is 2.75. The SMILES string of the molecule is CC(C)[C@@]1(NC(=O)[C@@H]2C[C@H]3c4cccc5[nH]cc(c45)C[C@@H]3N(C)C2)O[C@]2(O)[C@H]3CCCN3C(=O)[C@H](Cc3ccccc3)N2C1=O.CS(=O)(=O)O. The van der Waals surface area contributed by atoms with E-state index in [0.29, 0.717) is 38.6 Å². The summed E-state index contributed by atoms with van der Waals surface area (Å²) in [7, 11) is -1.60. The molecule has 4 fully saturated rings. The summed E-state index contributed by atoms with van der Waals surface area (Å²) in [5, 5.41) is 16.6. The second kappa shape index (κ2) is 12.4. The minimum Gasteiger partial charge on any atom is -0.361 e. The minimum absolute atomic E-state index is 0.164. The van der Waals surface area contributed by atoms with Crippen molar-refractivity contribution < 1.29 is 37.2 Å². The molecule has 5 aliphatic rings. The second-order valence-corrected chi connectivity index (χ2v) is 16.2. The molecular weight excluding hydrogens is 662 g/mol. The van der Waals surface area contributed by atoms with E-state index in [1.54, 1.807) is 4.90 Å². The fourth-order valence-electron chi connectivity index (χ4n) is 8.99. The molecule has 0 spiro atoms. The number of rotatable bonds is 5. The lowest BCUT2D eigenvalue weighted by Gasteiger charge is -2.48. The van der Waals surface area contributed by atoms with E-state index >= 15 is 0 Å². The van der Waals surface area contributed by atoms with E-state index in [2.05, 4.69) is 46.6 Å². The summed E-state index contributed by atoms with van der Waals surface area (Å²) < 4.78 is 32.4. The van der Waals surface area contributed by atoms with Crippen molar-refractivity contribution in [1.82, 2.24) is 25.0 Å². The molecule has 5 heterocycles. The third kappa shape index (κ3) is 5.70. The van der Waals surface area contributed by atoms with Crippen molar-refractivity contribution in [3.63, 3.8) is 0 Å². The van der Waals surface area contributed by atoms with E-state index in [9.17, 15) is 27.9 Å². The molecule has 1 aliphatic carbocycles. The second-order valence-electron chi connectivity index (χ2n) is 14.8. The highest BCUT2D eigenvalue weighted by atomic mass is 32.2. The molecule has 7 atom stereocenters. The monoisotopic (exact) mass is 707 g/mol. The molecule has 8 rings (SSSR count). The number of likely N-dealkylation sites (N-methyl/N-ethyl adjacent to an activating group) is 1. The van der Waals surface area contributed by atoms with Crippen molar-refractivity contribution in [3.05, 3.63) is 71.4 Å². The van der Waals surface area contributed by atoms with Crippen LogP contribution in [0.15, 0.2) is 54.7 Å². The van der Waals surface area contributed by atoms with Gasteiger partial charge in [0.25, 0.3) is 21.9 Å². The summed E-state index contributed by atoms with van der Waals surface area (Å²) in [4.78, 5) is 51.4. The zero-order valence-electron chi connectivity index (χ0n) is 28.7. The van der Waals surface area contributed by atoms with Gasteiger partial charge in [-0.05, 0) is 55.5 Å². The van der Waals surface area contributed by atoms with Crippen molar-refractivity contribution in [2.75, 3.05) is 26.4 Å². The number of benzene rings is 2. The molecule has 14 heteroatoms. The van der Waals surface area contributed by atoms with Gasteiger partial charge in [0.15, 0.2) is 0 Å². The maximum absolute atomic E-state index is 14.6. The highest BCUT2D eigenvalue weighted by molar-refractivity contribution is 7.85. The van der Waals surface area contributed by atoms with Crippen molar-refractivity contribution in [3.8, 4) is 0 Å². The number of nitrogens with one attached hydrogen (secondary N) is 2. The molecule has 0 radical (unpaired) electrons. The van der Waals surface area contributed by atoms with Gasteiger partial charge in [-0.3, -0.25) is 28.6 Å². The summed E-state index contributed by atoms with van der Waals surface area (Å²) in [6.07, 6.45) is 5.84. The Morgan fingerprint density at radius 3 is 2.56 bits per heavy atom. The Morgan fingerprint density at radius 1 is 1.14 bits per heavy atom. The zero-order chi connectivity index (χ0) is 35.7. The van der Waals surface area contributed by atoms with Crippen LogP contribution >= 0.6 is 0 Å². The van der Waals surface area contributed by atoms with Gasteiger partial charge in [0, 0.05) is 54.5 Å². The van der Waals surface area contributed by atoms with Crippen LogP contribution in [0, 0.1) is 11.8 Å². The van der Waals surface area contributed by atoms with Crippen LogP contribution in [0.5, 0.6) is 0 Å². The molecule has 2 aromatic carbocycles. The number of piperazine rings is 1. The molecule has 268 valence electrons. The van der Waals surface area contributed by atoms with Crippen LogP contribution in [0.25, 0.3) is 10.9 Å². The predicted molar refractivity (Wildman–Crippen MR) is 184 cm³/mol. The number of carbonyl (C=O) groups is 3. The van der Waals surface area contributed by atoms with E-state index in [1.807, 2.05) is 44.2 Å². The highest BCUT2D eigenvalue weighted by Gasteiger charge is 2.72. The number of likely N-dealkylation sites (tertiary alicyclic amines) is 1. The van der Waals surface area contributed by atoms with Gasteiger partial charge in [0.05, 0.1) is 12.2 Å². The number of hydrogen-bond acceptors (Lipinski definition) is 8. The van der Waals surface area contributed by atoms with Gasteiger partial charge in [-0.2, -0.15) is 8.42 Å². The highest BCUT2D eigenvalue weighted by Crippen LogP contribution is 2.49. The first-order chi connectivity index (χ1) is 23.6. The number of carbonyl (C=O) groups excluding carboxylic acids is 3. The van der Waals surface area contributed by atoms with E-state index in [1.165, 1.54) is 21.4 Å². The van der Waals surface area contributed by atoms with Gasteiger partial charge in [0.2, 0.25) is 17.5 Å². The number of aliphatic hydroxyl groups is 1. The standard InChI is InChI=1S/C35H41N5O5.CH4O3S/c1-20(2)34(37-31(41)23-16-25-24-11-7-12-26-30(24)22(18-36-26)17-27(25)38(3)19-23)33(43)40-28(15-21-9-5-4-6-10-21)32(42)39-14-8-13-29(39)35(40,44)45-34;1-5(2,3)4/h4-7,9-12,18,20,23,25,27-29,36,44H,8,13-17,19H2,1-3H3,(H,37,41);1H3,(H,2,3,4)/t23-,25+,27+,28+,29-,34-,35-;/m1./s1. The van der Waals surface area contributed by atoms with Gasteiger partial charge >= 0.3 is 0 Å². The molecule has 4 N–H and O–H groups in total. The molecule has 50 heavy (non-hydrogen) atoms. The van der Waals surface area contributed by atoms with Crippen molar-refractivity contribution in [2.24, 2.45) is 11.8 Å². The van der Waals surface area contributed by atoms with Crippen LogP contribution in [0.2, 0.25) is 0 Å². The predicted octanol–water partition coefficient (Wildman–Crippen LogP) is 2.22. The molecule has 4 aliphatic heterocycles. The third-order valence-corrected chi connectivity index (χ3v) is 11.2. The average Bonchev–Trinajstić information content (AvgIpc) is 3.77. The molecule has 4 saturated heterocycles. The lowest BCUT2D eigenvalue weighted by Crippen LogP contribution is -2.71. The lowest BCUT2D eigenvalue weighted by molar-refractivity contribution is -0.321. The number of ether oxygens (including phenoxy) is 1. The van der Waals surface area contributed by atoms with E-state index in [4.69, 9.17) is 9.29 Å². The smallest absolute Gasteiger partial charge is 0.281 e. The first kappa shape index (κ1) is 34.6. The van der Waals surface area contributed by atoms with Gasteiger partial charge in [-0.25, -0.2) is 0 Å². The number of amides is 3. The van der Waals surface area contributed by atoms with Gasteiger partial charge in [0.1, 0.15) is 12.1 Å². The number of piperidine rings is 1. The molecule has 3 amide bonds. The fraction of sp³-hybridized carbons (Fsp3) is 0.528. The fourth-order valence-corrected chi connectivity index (χ4v) is 8.99. The van der Waals surface area contributed by atoms with Crippen molar-refractivity contribution in [2.45, 2.75) is 81.6 Å². The normalized spacial score (nSPS) is 32.0.